The summed E-state index contributed by atoms with van der Waals surface area (Å²) in [6.45, 7) is 3.91. The van der Waals surface area contributed by atoms with Gasteiger partial charge in [-0.05, 0) is 36.4 Å². The van der Waals surface area contributed by atoms with E-state index in [1.54, 1.807) is 12.1 Å². The molecule has 0 radical (unpaired) electrons. The van der Waals surface area contributed by atoms with Crippen LogP contribution in [0.2, 0.25) is 5.02 Å². The molecule has 0 N–H and O–H groups in total. The summed E-state index contributed by atoms with van der Waals surface area (Å²) in [5, 5.41) is 10.9. The monoisotopic (exact) mass is 536 g/mol. The van der Waals surface area contributed by atoms with Gasteiger partial charge in [-0.3, -0.25) is 4.90 Å². The quantitative estimate of drug-likeness (QED) is 0.387. The molecule has 4 rings (SSSR count). The highest BCUT2D eigenvalue weighted by Gasteiger charge is 2.23. The molecule has 0 bridgehead atoms. The number of benzene rings is 2. The van der Waals surface area contributed by atoms with Crippen LogP contribution in [0.1, 0.15) is 5.56 Å². The van der Waals surface area contributed by atoms with Gasteiger partial charge in [-0.25, -0.2) is 8.42 Å². The minimum Gasteiger partial charge on any atom is -0.492 e. The second-order valence-corrected chi connectivity index (χ2v) is 11.0. The molecule has 1 saturated heterocycles. The van der Waals surface area contributed by atoms with Gasteiger partial charge in [0.1, 0.15) is 25.0 Å². The third-order valence-electron chi connectivity index (χ3n) is 5.89. The molecule has 0 unspecified atom stereocenters. The molecule has 0 atom stereocenters. The second-order valence-electron chi connectivity index (χ2n) is 8.21. The fourth-order valence-electron chi connectivity index (χ4n) is 4.10. The van der Waals surface area contributed by atoms with Gasteiger partial charge in [-0.1, -0.05) is 11.6 Å². The Balaban J connectivity index is 1.42. The molecular formula is C24H26Cl2N4O4S. The second kappa shape index (κ2) is 11.1. The third-order valence-corrected chi connectivity index (χ3v) is 7.63. The number of rotatable bonds is 9. The van der Waals surface area contributed by atoms with Crippen molar-refractivity contribution in [2.75, 3.05) is 58.1 Å². The molecule has 3 aromatic rings. The number of nitrogens with zero attached hydrogens (tertiary/aromatic N) is 4. The van der Waals surface area contributed by atoms with Crippen molar-refractivity contribution in [3.05, 3.63) is 53.2 Å². The maximum Gasteiger partial charge on any atom is 0.211 e. The van der Waals surface area contributed by atoms with Crippen molar-refractivity contribution >= 4 is 44.1 Å². The Hall–Kier alpha value is -2.48. The first-order valence-electron chi connectivity index (χ1n) is 11.1. The van der Waals surface area contributed by atoms with E-state index < -0.39 is 10.0 Å². The van der Waals surface area contributed by atoms with Gasteiger partial charge in [0.25, 0.3) is 0 Å². The van der Waals surface area contributed by atoms with Crippen LogP contribution >= 0.6 is 23.2 Å². The molecule has 1 fully saturated rings. The Morgan fingerprint density at radius 3 is 2.51 bits per heavy atom. The van der Waals surface area contributed by atoms with Crippen LogP contribution in [0.5, 0.6) is 11.5 Å². The van der Waals surface area contributed by atoms with Gasteiger partial charge in [0.15, 0.2) is 5.75 Å². The Labute approximate surface area is 215 Å². The molecular weight excluding hydrogens is 511 g/mol. The van der Waals surface area contributed by atoms with E-state index in [2.05, 4.69) is 11.0 Å². The number of fused-ring (bicyclic) bond motifs is 1. The average molecular weight is 537 g/mol. The van der Waals surface area contributed by atoms with Crippen LogP contribution in [-0.2, 0) is 10.0 Å². The predicted octanol–water partition coefficient (Wildman–Crippen LogP) is 3.73. The molecule has 1 aliphatic heterocycles. The summed E-state index contributed by atoms with van der Waals surface area (Å²) in [4.78, 5) is 2.20. The largest absolute Gasteiger partial charge is 0.492 e. The Bertz CT molecular complexity index is 1350. The van der Waals surface area contributed by atoms with E-state index in [-0.39, 0.29) is 6.61 Å². The molecule has 2 heterocycles. The van der Waals surface area contributed by atoms with Crippen molar-refractivity contribution in [2.24, 2.45) is 0 Å². The van der Waals surface area contributed by atoms with Gasteiger partial charge >= 0.3 is 0 Å². The molecule has 0 spiro atoms. The number of aromatic nitrogens is 1. The van der Waals surface area contributed by atoms with E-state index in [0.717, 1.165) is 28.9 Å². The van der Waals surface area contributed by atoms with Crippen LogP contribution in [-0.4, -0.2) is 80.3 Å². The van der Waals surface area contributed by atoms with Crippen molar-refractivity contribution in [1.82, 2.24) is 13.8 Å². The molecule has 11 heteroatoms. The first kappa shape index (κ1) is 25.6. The molecule has 1 aromatic heterocycles. The molecule has 186 valence electrons. The lowest BCUT2D eigenvalue weighted by Gasteiger charge is -2.33. The number of halogens is 2. The van der Waals surface area contributed by atoms with Gasteiger partial charge in [-0.15, -0.1) is 11.6 Å². The summed E-state index contributed by atoms with van der Waals surface area (Å²) >= 11 is 12.1. The van der Waals surface area contributed by atoms with Crippen LogP contribution in [0, 0.1) is 11.3 Å². The van der Waals surface area contributed by atoms with Crippen LogP contribution in [0.4, 0.5) is 0 Å². The zero-order valence-corrected chi connectivity index (χ0v) is 21.6. The maximum absolute atomic E-state index is 11.6. The number of alkyl halides is 1. The van der Waals surface area contributed by atoms with Crippen molar-refractivity contribution in [2.45, 2.75) is 0 Å². The molecule has 0 amide bonds. The standard InChI is InChI=1S/C24H26Cl2N4O4S/c1-35(31,32)29-9-7-28(8-10-29)11-13-33-21-2-3-23-18(15-21)4-6-30(23)20-14-19(17-27)24(22(26)16-20)34-12-5-25/h2-4,6,14-16H,5,7-13H2,1H3. The summed E-state index contributed by atoms with van der Waals surface area (Å²) in [6.07, 6.45) is 3.17. The summed E-state index contributed by atoms with van der Waals surface area (Å²) in [5.41, 5.74) is 2.04. The van der Waals surface area contributed by atoms with E-state index in [9.17, 15) is 13.7 Å². The van der Waals surface area contributed by atoms with Crippen molar-refractivity contribution in [3.63, 3.8) is 0 Å². The highest BCUT2D eigenvalue weighted by Crippen LogP contribution is 2.33. The first-order chi connectivity index (χ1) is 16.8. The molecule has 1 aliphatic rings. The van der Waals surface area contributed by atoms with Crippen LogP contribution < -0.4 is 9.47 Å². The average Bonchev–Trinajstić information content (AvgIpc) is 3.26. The molecule has 0 aliphatic carbocycles. The fourth-order valence-corrected chi connectivity index (χ4v) is 5.27. The van der Waals surface area contributed by atoms with Gasteiger partial charge in [0, 0.05) is 50.0 Å². The lowest BCUT2D eigenvalue weighted by molar-refractivity contribution is 0.159. The summed E-state index contributed by atoms with van der Waals surface area (Å²) in [5.74, 6) is 1.39. The zero-order chi connectivity index (χ0) is 25.0. The van der Waals surface area contributed by atoms with Gasteiger partial charge in [0.2, 0.25) is 10.0 Å². The molecule has 35 heavy (non-hydrogen) atoms. The van der Waals surface area contributed by atoms with E-state index in [1.807, 2.05) is 35.0 Å². The van der Waals surface area contributed by atoms with Crippen molar-refractivity contribution < 1.29 is 17.9 Å². The fraction of sp³-hybridized carbons (Fsp3) is 0.375. The normalized spacial score (nSPS) is 15.3. The molecule has 0 saturated carbocycles. The van der Waals surface area contributed by atoms with Gasteiger partial charge < -0.3 is 14.0 Å². The van der Waals surface area contributed by atoms with Gasteiger partial charge in [0.05, 0.1) is 28.2 Å². The van der Waals surface area contributed by atoms with E-state index in [0.29, 0.717) is 55.0 Å². The van der Waals surface area contributed by atoms with E-state index in [1.165, 1.54) is 10.6 Å². The smallest absolute Gasteiger partial charge is 0.211 e. The Kier molecular flexibility index (Phi) is 8.09. The lowest BCUT2D eigenvalue weighted by Crippen LogP contribution is -2.49. The highest BCUT2D eigenvalue weighted by molar-refractivity contribution is 7.88. The van der Waals surface area contributed by atoms with E-state index in [4.69, 9.17) is 32.7 Å². The summed E-state index contributed by atoms with van der Waals surface area (Å²) in [7, 11) is -3.13. The number of hydrogen-bond donors (Lipinski definition) is 0. The Morgan fingerprint density at radius 2 is 1.83 bits per heavy atom. The first-order valence-corrected chi connectivity index (χ1v) is 13.9. The SMILES string of the molecule is CS(=O)(=O)N1CCN(CCOc2ccc3c(ccn3-c3cc(Cl)c(OCCCl)c(C#N)c3)c2)CC1. The summed E-state index contributed by atoms with van der Waals surface area (Å²) in [6, 6.07) is 13.5. The minimum atomic E-state index is -3.13. The zero-order valence-electron chi connectivity index (χ0n) is 19.3. The maximum atomic E-state index is 11.6. The minimum absolute atomic E-state index is 0.265. The molecule has 8 nitrogen and oxygen atoms in total. The summed E-state index contributed by atoms with van der Waals surface area (Å²) < 4.78 is 38.3. The number of nitriles is 1. The van der Waals surface area contributed by atoms with Gasteiger partial charge in [-0.2, -0.15) is 9.57 Å². The van der Waals surface area contributed by atoms with Crippen molar-refractivity contribution in [1.29, 1.82) is 5.26 Å². The highest BCUT2D eigenvalue weighted by atomic mass is 35.5. The number of sulfonamides is 1. The number of ether oxygens (including phenoxy) is 2. The topological polar surface area (TPSA) is 87.8 Å². The predicted molar refractivity (Wildman–Crippen MR) is 138 cm³/mol. The molecule has 2 aromatic carbocycles. The number of hydrogen-bond acceptors (Lipinski definition) is 6. The van der Waals surface area contributed by atoms with Crippen LogP contribution in [0.3, 0.4) is 0 Å². The van der Waals surface area contributed by atoms with Crippen LogP contribution in [0.25, 0.3) is 16.6 Å². The van der Waals surface area contributed by atoms with Crippen molar-refractivity contribution in [3.8, 4) is 23.3 Å². The van der Waals surface area contributed by atoms with Crippen LogP contribution in [0.15, 0.2) is 42.6 Å². The Morgan fingerprint density at radius 1 is 1.06 bits per heavy atom. The lowest BCUT2D eigenvalue weighted by atomic mass is 10.2. The number of piperazine rings is 1. The van der Waals surface area contributed by atoms with E-state index >= 15 is 0 Å². The third kappa shape index (κ3) is 6.02.